The number of furan rings is 1. The van der Waals surface area contributed by atoms with Gasteiger partial charge in [-0.05, 0) is 35.7 Å². The standard InChI is InChI=1S/C11H15BrN2O5S/c1-11(3-2-4-18-6-11)14-10(15)7-5-8(9(12)19-7)20(13,16)17/h5H,2-4,6H2,1H3,(H,14,15)(H2,13,16,17). The average molecular weight is 367 g/mol. The number of carbonyl (C=O) groups excluding carboxylic acids is 1. The molecule has 0 radical (unpaired) electrons. The molecule has 1 aromatic heterocycles. The molecule has 2 heterocycles. The first kappa shape index (κ1) is 15.5. The van der Waals surface area contributed by atoms with Crippen molar-refractivity contribution < 1.29 is 22.4 Å². The minimum Gasteiger partial charge on any atom is -0.443 e. The number of sulfonamides is 1. The van der Waals surface area contributed by atoms with Gasteiger partial charge in [0.1, 0.15) is 4.90 Å². The van der Waals surface area contributed by atoms with E-state index in [2.05, 4.69) is 21.2 Å². The predicted molar refractivity (Wildman–Crippen MR) is 73.7 cm³/mol. The van der Waals surface area contributed by atoms with Crippen LogP contribution in [-0.2, 0) is 14.8 Å². The average Bonchev–Trinajstić information content (AvgIpc) is 2.71. The van der Waals surface area contributed by atoms with Crippen LogP contribution in [0.25, 0.3) is 0 Å². The summed E-state index contributed by atoms with van der Waals surface area (Å²) in [6, 6.07) is 1.10. The molecule has 1 aromatic rings. The first-order valence-electron chi connectivity index (χ1n) is 5.94. The number of hydrogen-bond acceptors (Lipinski definition) is 5. The predicted octanol–water partition coefficient (Wildman–Crippen LogP) is 0.988. The number of rotatable bonds is 3. The molecule has 9 heteroatoms. The van der Waals surface area contributed by atoms with Crippen LogP contribution in [0.3, 0.4) is 0 Å². The van der Waals surface area contributed by atoms with Gasteiger partial charge in [0.2, 0.25) is 10.0 Å². The first-order valence-corrected chi connectivity index (χ1v) is 8.28. The maximum atomic E-state index is 12.1. The number of hydrogen-bond donors (Lipinski definition) is 2. The van der Waals surface area contributed by atoms with Gasteiger partial charge in [-0.15, -0.1) is 0 Å². The number of carbonyl (C=O) groups is 1. The van der Waals surface area contributed by atoms with Crippen LogP contribution in [0.1, 0.15) is 30.3 Å². The molecule has 1 unspecified atom stereocenters. The van der Waals surface area contributed by atoms with Gasteiger partial charge >= 0.3 is 0 Å². The zero-order valence-electron chi connectivity index (χ0n) is 10.8. The van der Waals surface area contributed by atoms with E-state index in [0.29, 0.717) is 13.2 Å². The minimum atomic E-state index is -3.94. The zero-order chi connectivity index (χ0) is 15.0. The van der Waals surface area contributed by atoms with Gasteiger partial charge in [-0.3, -0.25) is 4.79 Å². The summed E-state index contributed by atoms with van der Waals surface area (Å²) >= 11 is 2.93. The number of nitrogens with one attached hydrogen (secondary N) is 1. The molecule has 20 heavy (non-hydrogen) atoms. The van der Waals surface area contributed by atoms with E-state index in [9.17, 15) is 13.2 Å². The lowest BCUT2D eigenvalue weighted by molar-refractivity contribution is 0.0265. The third kappa shape index (κ3) is 3.40. The molecule has 0 aliphatic carbocycles. The normalized spacial score (nSPS) is 23.6. The minimum absolute atomic E-state index is 0.0878. The van der Waals surface area contributed by atoms with Crippen LogP contribution in [0, 0.1) is 0 Å². The summed E-state index contributed by atoms with van der Waals surface area (Å²) < 4.78 is 32.9. The molecule has 0 aromatic carbocycles. The van der Waals surface area contributed by atoms with Crippen molar-refractivity contribution in [2.24, 2.45) is 5.14 Å². The third-order valence-electron chi connectivity index (χ3n) is 3.04. The summed E-state index contributed by atoms with van der Waals surface area (Å²) in [5.41, 5.74) is -0.490. The fourth-order valence-corrected chi connectivity index (χ4v) is 3.53. The van der Waals surface area contributed by atoms with Crippen molar-refractivity contribution >= 4 is 31.9 Å². The number of nitrogens with two attached hydrogens (primary N) is 1. The largest absolute Gasteiger partial charge is 0.443 e. The Morgan fingerprint density at radius 1 is 1.55 bits per heavy atom. The van der Waals surface area contributed by atoms with Crippen molar-refractivity contribution in [3.8, 4) is 0 Å². The molecule has 1 amide bonds. The van der Waals surface area contributed by atoms with Crippen LogP contribution < -0.4 is 10.5 Å². The summed E-state index contributed by atoms with van der Waals surface area (Å²) in [6.45, 7) is 2.94. The van der Waals surface area contributed by atoms with Gasteiger partial charge in [0.15, 0.2) is 10.4 Å². The van der Waals surface area contributed by atoms with E-state index in [-0.39, 0.29) is 15.3 Å². The summed E-state index contributed by atoms with van der Waals surface area (Å²) in [5.74, 6) is -0.624. The van der Waals surface area contributed by atoms with E-state index in [0.717, 1.165) is 18.9 Å². The van der Waals surface area contributed by atoms with E-state index in [1.165, 1.54) is 0 Å². The summed E-state index contributed by atoms with van der Waals surface area (Å²) in [6.07, 6.45) is 1.63. The smallest absolute Gasteiger partial charge is 0.287 e. The monoisotopic (exact) mass is 366 g/mol. The highest BCUT2D eigenvalue weighted by molar-refractivity contribution is 9.10. The molecule has 1 atom stereocenters. The van der Waals surface area contributed by atoms with Crippen LogP contribution in [0.15, 0.2) is 20.0 Å². The number of halogens is 1. The fraction of sp³-hybridized carbons (Fsp3) is 0.545. The fourth-order valence-electron chi connectivity index (χ4n) is 2.03. The van der Waals surface area contributed by atoms with Gasteiger partial charge in [-0.25, -0.2) is 13.6 Å². The topological polar surface area (TPSA) is 112 Å². The molecule has 2 rings (SSSR count). The summed E-state index contributed by atoms with van der Waals surface area (Å²) in [5, 5.41) is 7.80. The maximum Gasteiger partial charge on any atom is 0.287 e. The number of ether oxygens (including phenoxy) is 1. The summed E-state index contributed by atoms with van der Waals surface area (Å²) in [7, 11) is -3.94. The number of amides is 1. The molecule has 0 saturated carbocycles. The molecule has 3 N–H and O–H groups in total. The van der Waals surface area contributed by atoms with Crippen molar-refractivity contribution in [3.05, 3.63) is 16.5 Å². The second-order valence-corrected chi connectivity index (χ2v) is 7.21. The van der Waals surface area contributed by atoms with Gasteiger partial charge in [0.25, 0.3) is 5.91 Å². The molecule has 7 nitrogen and oxygen atoms in total. The van der Waals surface area contributed by atoms with Gasteiger partial charge < -0.3 is 14.5 Å². The molecule has 1 aliphatic heterocycles. The highest BCUT2D eigenvalue weighted by Gasteiger charge is 2.31. The Hall–Kier alpha value is -0.900. The molecule has 0 bridgehead atoms. The van der Waals surface area contributed by atoms with E-state index in [4.69, 9.17) is 14.3 Å². The van der Waals surface area contributed by atoms with Crippen molar-refractivity contribution in [2.75, 3.05) is 13.2 Å². The Kier molecular flexibility index (Phi) is 4.24. The lowest BCUT2D eigenvalue weighted by Gasteiger charge is -2.33. The van der Waals surface area contributed by atoms with Gasteiger partial charge in [0.05, 0.1) is 12.1 Å². The van der Waals surface area contributed by atoms with Crippen LogP contribution in [0.5, 0.6) is 0 Å². The Bertz CT molecular complexity index is 619. The van der Waals surface area contributed by atoms with Crippen molar-refractivity contribution in [3.63, 3.8) is 0 Å². The maximum absolute atomic E-state index is 12.1. The van der Waals surface area contributed by atoms with E-state index in [1.807, 2.05) is 6.92 Å². The molecule has 1 aliphatic rings. The van der Waals surface area contributed by atoms with Crippen molar-refractivity contribution in [1.29, 1.82) is 0 Å². The lowest BCUT2D eigenvalue weighted by atomic mass is 9.95. The van der Waals surface area contributed by atoms with Crippen molar-refractivity contribution in [2.45, 2.75) is 30.2 Å². The van der Waals surface area contributed by atoms with Crippen molar-refractivity contribution in [1.82, 2.24) is 5.32 Å². The second kappa shape index (κ2) is 5.47. The quantitative estimate of drug-likeness (QED) is 0.828. The van der Waals surface area contributed by atoms with Gasteiger partial charge in [-0.2, -0.15) is 0 Å². The Labute approximate surface area is 125 Å². The van der Waals surface area contributed by atoms with E-state index in [1.54, 1.807) is 0 Å². The molecular weight excluding hydrogens is 352 g/mol. The summed E-state index contributed by atoms with van der Waals surface area (Å²) in [4.78, 5) is 11.8. The molecule has 1 fully saturated rings. The van der Waals surface area contributed by atoms with Gasteiger partial charge in [-0.1, -0.05) is 0 Å². The Morgan fingerprint density at radius 3 is 2.75 bits per heavy atom. The zero-order valence-corrected chi connectivity index (χ0v) is 13.2. The van der Waals surface area contributed by atoms with Crippen LogP contribution in [0.2, 0.25) is 0 Å². The molecule has 0 spiro atoms. The van der Waals surface area contributed by atoms with Gasteiger partial charge in [0, 0.05) is 12.7 Å². The Morgan fingerprint density at radius 2 is 2.25 bits per heavy atom. The SMILES string of the molecule is CC1(NC(=O)c2cc(S(N)(=O)=O)c(Br)o2)CCCOC1. The molecule has 1 saturated heterocycles. The highest BCUT2D eigenvalue weighted by atomic mass is 79.9. The first-order chi connectivity index (χ1) is 9.21. The second-order valence-electron chi connectivity index (χ2n) is 4.96. The third-order valence-corrected chi connectivity index (χ3v) is 4.81. The molecular formula is C11H15BrN2O5S. The van der Waals surface area contributed by atoms with E-state index >= 15 is 0 Å². The van der Waals surface area contributed by atoms with E-state index < -0.39 is 21.5 Å². The Balaban J connectivity index is 2.18. The molecule has 112 valence electrons. The van der Waals surface area contributed by atoms with Crippen LogP contribution >= 0.6 is 15.9 Å². The highest BCUT2D eigenvalue weighted by Crippen LogP contribution is 2.26. The van der Waals surface area contributed by atoms with Crippen LogP contribution in [0.4, 0.5) is 0 Å². The van der Waals surface area contributed by atoms with Crippen LogP contribution in [-0.4, -0.2) is 33.1 Å². The number of primary sulfonamides is 1. The lowest BCUT2D eigenvalue weighted by Crippen LogP contribution is -2.51.